The van der Waals surface area contributed by atoms with Gasteiger partial charge in [0.2, 0.25) is 0 Å². The van der Waals surface area contributed by atoms with Gasteiger partial charge in [-0.25, -0.2) is 4.39 Å². The van der Waals surface area contributed by atoms with Gasteiger partial charge < -0.3 is 9.90 Å². The predicted octanol–water partition coefficient (Wildman–Crippen LogP) is 1.17. The molecule has 4 nitrogen and oxygen atoms in total. The van der Waals surface area contributed by atoms with Crippen LogP contribution in [0, 0.1) is 5.82 Å². The number of halogens is 1. The van der Waals surface area contributed by atoms with E-state index in [1.165, 1.54) is 31.2 Å². The van der Waals surface area contributed by atoms with Gasteiger partial charge in [-0.1, -0.05) is 42.2 Å². The van der Waals surface area contributed by atoms with Crippen molar-refractivity contribution in [1.29, 1.82) is 0 Å². The molecule has 1 heterocycles. The minimum Gasteiger partial charge on any atom is -0.548 e. The molecule has 1 aromatic rings. The van der Waals surface area contributed by atoms with Crippen molar-refractivity contribution < 1.29 is 19.1 Å². The summed E-state index contributed by atoms with van der Waals surface area (Å²) >= 11 is 5.92. The highest BCUT2D eigenvalue weighted by Gasteiger charge is 2.35. The van der Waals surface area contributed by atoms with Crippen molar-refractivity contribution in [3.05, 3.63) is 40.6 Å². The minimum atomic E-state index is -1.39. The summed E-state index contributed by atoms with van der Waals surface area (Å²) in [6.45, 7) is 1.31. The monoisotopic (exact) mass is 310 g/mol. The zero-order chi connectivity index (χ0) is 14.9. The van der Waals surface area contributed by atoms with Gasteiger partial charge in [0.25, 0.3) is 5.91 Å². The summed E-state index contributed by atoms with van der Waals surface area (Å²) in [6, 6.07) is 4.81. The molecule has 1 fully saturated rings. The molecule has 0 saturated carbocycles. The van der Waals surface area contributed by atoms with E-state index in [0.29, 0.717) is 0 Å². The van der Waals surface area contributed by atoms with Gasteiger partial charge >= 0.3 is 0 Å². The Balaban J connectivity index is 2.33. The van der Waals surface area contributed by atoms with Crippen LogP contribution in [-0.2, 0) is 9.59 Å². The van der Waals surface area contributed by atoms with Gasteiger partial charge in [0, 0.05) is 5.56 Å². The van der Waals surface area contributed by atoms with E-state index in [2.05, 4.69) is 0 Å². The zero-order valence-electron chi connectivity index (χ0n) is 10.3. The van der Waals surface area contributed by atoms with Crippen LogP contribution in [-0.4, -0.2) is 27.1 Å². The number of carbonyl (C=O) groups excluding carboxylic acids is 2. The van der Waals surface area contributed by atoms with Crippen molar-refractivity contribution in [3.8, 4) is 0 Å². The molecule has 1 aliphatic heterocycles. The fraction of sp³-hybridized carbons (Fsp3) is 0.154. The quantitative estimate of drug-likeness (QED) is 0.619. The number of carbonyl (C=O) groups is 2. The third kappa shape index (κ3) is 2.73. The summed E-state index contributed by atoms with van der Waals surface area (Å²) in [5.41, 5.74) is 0.245. The second-order valence-electron chi connectivity index (χ2n) is 4.07. The van der Waals surface area contributed by atoms with Gasteiger partial charge in [0.15, 0.2) is 0 Å². The summed E-state index contributed by atoms with van der Waals surface area (Å²) in [7, 11) is 0. The van der Waals surface area contributed by atoms with Crippen LogP contribution < -0.4 is 5.11 Å². The van der Waals surface area contributed by atoms with E-state index in [1.54, 1.807) is 6.07 Å². The van der Waals surface area contributed by atoms with Crippen LogP contribution in [0.5, 0.6) is 0 Å². The van der Waals surface area contributed by atoms with Crippen molar-refractivity contribution >= 4 is 46.3 Å². The van der Waals surface area contributed by atoms with E-state index in [4.69, 9.17) is 12.2 Å². The molecule has 0 aliphatic carbocycles. The van der Waals surface area contributed by atoms with Gasteiger partial charge in [-0.15, -0.1) is 0 Å². The third-order valence-electron chi connectivity index (χ3n) is 2.74. The molecule has 7 heteroatoms. The molecule has 0 N–H and O–H groups in total. The smallest absolute Gasteiger partial charge is 0.266 e. The summed E-state index contributed by atoms with van der Waals surface area (Å²) in [4.78, 5) is 24.1. The first-order chi connectivity index (χ1) is 9.41. The number of carboxylic acids is 1. The number of carboxylic acid groups (broad SMARTS) is 1. The highest BCUT2D eigenvalue weighted by molar-refractivity contribution is 8.26. The Morgan fingerprint density at radius 3 is 2.75 bits per heavy atom. The molecule has 0 aromatic heterocycles. The van der Waals surface area contributed by atoms with Crippen LogP contribution >= 0.6 is 24.0 Å². The molecule has 20 heavy (non-hydrogen) atoms. The summed E-state index contributed by atoms with van der Waals surface area (Å²) in [6.07, 6.45) is 1.36. The Kier molecular flexibility index (Phi) is 4.20. The van der Waals surface area contributed by atoms with Crippen LogP contribution in [0.3, 0.4) is 0 Å². The van der Waals surface area contributed by atoms with Crippen LogP contribution in [0.4, 0.5) is 4.39 Å². The summed E-state index contributed by atoms with van der Waals surface area (Å²) in [5, 5.41) is 10.8. The maximum Gasteiger partial charge on any atom is 0.266 e. The number of hydrogen-bond donors (Lipinski definition) is 0. The number of thiocarbonyl (C=S) groups is 1. The molecular formula is C13H9FNO3S2-. The number of benzene rings is 1. The van der Waals surface area contributed by atoms with Crippen molar-refractivity contribution in [3.63, 3.8) is 0 Å². The van der Waals surface area contributed by atoms with Gasteiger partial charge in [-0.05, 0) is 19.1 Å². The minimum absolute atomic E-state index is 0.120. The molecule has 1 aliphatic rings. The predicted molar refractivity (Wildman–Crippen MR) is 75.9 cm³/mol. The molecule has 1 atom stereocenters. The van der Waals surface area contributed by atoms with Crippen molar-refractivity contribution in [2.45, 2.75) is 13.0 Å². The third-order valence-corrected chi connectivity index (χ3v) is 4.07. The standard InChI is InChI=1S/C13H10FNO3S2/c1-7(12(17)18)15-11(16)10(20-13(15)19)6-8-4-2-3-5-9(8)14/h2-7H,1H3,(H,17,18)/p-1. The van der Waals surface area contributed by atoms with E-state index in [9.17, 15) is 19.1 Å². The fourth-order valence-electron chi connectivity index (χ4n) is 1.65. The Labute approximate surface area is 124 Å². The van der Waals surface area contributed by atoms with E-state index >= 15 is 0 Å². The van der Waals surface area contributed by atoms with Crippen LogP contribution in [0.15, 0.2) is 29.2 Å². The summed E-state index contributed by atoms with van der Waals surface area (Å²) in [5.74, 6) is -2.42. The Hall–Kier alpha value is -1.73. The lowest BCUT2D eigenvalue weighted by molar-refractivity contribution is -0.309. The number of amides is 1. The van der Waals surface area contributed by atoms with E-state index in [0.717, 1.165) is 16.7 Å². The maximum atomic E-state index is 13.5. The average molecular weight is 310 g/mol. The van der Waals surface area contributed by atoms with E-state index < -0.39 is 23.7 Å². The summed E-state index contributed by atoms with van der Waals surface area (Å²) < 4.78 is 13.7. The maximum absolute atomic E-state index is 13.5. The molecule has 0 bridgehead atoms. The average Bonchev–Trinajstić information content (AvgIpc) is 2.66. The van der Waals surface area contributed by atoms with Crippen LogP contribution in [0.2, 0.25) is 0 Å². The topological polar surface area (TPSA) is 60.4 Å². The Morgan fingerprint density at radius 1 is 1.50 bits per heavy atom. The Bertz CT molecular complexity index is 630. The fourth-order valence-corrected chi connectivity index (χ4v) is 3.06. The number of rotatable bonds is 3. The first-order valence-corrected chi connectivity index (χ1v) is 6.86. The normalized spacial score (nSPS) is 18.7. The van der Waals surface area contributed by atoms with Crippen molar-refractivity contribution in [2.24, 2.45) is 0 Å². The molecule has 0 spiro atoms. The molecule has 1 amide bonds. The van der Waals surface area contributed by atoms with E-state index in [1.807, 2.05) is 0 Å². The molecule has 1 unspecified atom stereocenters. The molecule has 2 rings (SSSR count). The highest BCUT2D eigenvalue weighted by atomic mass is 32.2. The van der Waals surface area contributed by atoms with Gasteiger partial charge in [-0.2, -0.15) is 0 Å². The van der Waals surface area contributed by atoms with Gasteiger partial charge in [0.1, 0.15) is 10.1 Å². The van der Waals surface area contributed by atoms with Gasteiger partial charge in [0.05, 0.1) is 16.9 Å². The number of thioether (sulfide) groups is 1. The lowest BCUT2D eigenvalue weighted by Crippen LogP contribution is -2.48. The second kappa shape index (κ2) is 5.72. The molecular weight excluding hydrogens is 301 g/mol. The van der Waals surface area contributed by atoms with E-state index in [-0.39, 0.29) is 14.8 Å². The van der Waals surface area contributed by atoms with Crippen LogP contribution in [0.1, 0.15) is 12.5 Å². The van der Waals surface area contributed by atoms with Crippen molar-refractivity contribution in [1.82, 2.24) is 4.90 Å². The molecule has 1 saturated heterocycles. The number of hydrogen-bond acceptors (Lipinski definition) is 5. The number of nitrogens with zero attached hydrogens (tertiary/aromatic N) is 1. The van der Waals surface area contributed by atoms with Crippen LogP contribution in [0.25, 0.3) is 6.08 Å². The highest BCUT2D eigenvalue weighted by Crippen LogP contribution is 2.34. The zero-order valence-corrected chi connectivity index (χ0v) is 12.0. The largest absolute Gasteiger partial charge is 0.548 e. The molecule has 1 aromatic carbocycles. The Morgan fingerprint density at radius 2 is 2.15 bits per heavy atom. The number of aliphatic carboxylic acids is 1. The molecule has 0 radical (unpaired) electrons. The lowest BCUT2D eigenvalue weighted by atomic mass is 10.2. The van der Waals surface area contributed by atoms with Crippen molar-refractivity contribution in [2.75, 3.05) is 0 Å². The lowest BCUT2D eigenvalue weighted by Gasteiger charge is -2.23. The second-order valence-corrected chi connectivity index (χ2v) is 5.74. The van der Waals surface area contributed by atoms with Gasteiger partial charge in [-0.3, -0.25) is 9.69 Å². The first kappa shape index (κ1) is 14.7. The SMILES string of the molecule is CC(C(=O)[O-])N1C(=O)C(=Cc2ccccc2F)SC1=S. The molecule has 104 valence electrons. The first-order valence-electron chi connectivity index (χ1n) is 5.64.